The Bertz CT molecular complexity index is 1500. The van der Waals surface area contributed by atoms with Gasteiger partial charge in [0.1, 0.15) is 6.20 Å². The molecule has 0 saturated carbocycles. The first kappa shape index (κ1) is 25.4. The minimum Gasteiger partial charge on any atom is -0.387 e. The molecule has 0 spiro atoms. The Morgan fingerprint density at radius 1 is 0.972 bits per heavy atom. The van der Waals surface area contributed by atoms with E-state index < -0.39 is 23.3 Å². The molecule has 10 heteroatoms. The van der Waals surface area contributed by atoms with Crippen LogP contribution in [0.2, 0.25) is 10.0 Å². The number of aromatic nitrogens is 3. The number of hydrogen-bond acceptors (Lipinski definition) is 5. The summed E-state index contributed by atoms with van der Waals surface area (Å²) in [4.78, 5) is 38.3. The van der Waals surface area contributed by atoms with Crippen molar-refractivity contribution in [3.05, 3.63) is 127 Å². The smallest absolute Gasteiger partial charge is 0.352 e. The predicted molar refractivity (Wildman–Crippen MR) is 138 cm³/mol. The number of hydrogen-bond donors (Lipinski definition) is 2. The summed E-state index contributed by atoms with van der Waals surface area (Å²) in [5, 5.41) is 18.0. The lowest BCUT2D eigenvalue weighted by atomic mass is 10.1. The third-order valence-corrected chi connectivity index (χ3v) is 6.28. The van der Waals surface area contributed by atoms with E-state index in [0.717, 1.165) is 21.0 Å². The summed E-state index contributed by atoms with van der Waals surface area (Å²) in [6.45, 7) is 0.0662. The Morgan fingerprint density at radius 2 is 1.69 bits per heavy atom. The molecule has 8 nitrogen and oxygen atoms in total. The summed E-state index contributed by atoms with van der Waals surface area (Å²) in [7, 11) is 0. The molecule has 1 heterocycles. The third kappa shape index (κ3) is 5.73. The van der Waals surface area contributed by atoms with Crippen LogP contribution in [0.5, 0.6) is 0 Å². The van der Waals surface area contributed by atoms with Gasteiger partial charge in [0.2, 0.25) is 0 Å². The molecule has 0 aliphatic heterocycles. The molecule has 184 valence electrons. The van der Waals surface area contributed by atoms with Crippen LogP contribution >= 0.6 is 23.2 Å². The fraction of sp³-hybridized carbons (Fsp3) is 0.154. The van der Waals surface area contributed by atoms with Gasteiger partial charge in [-0.3, -0.25) is 14.2 Å². The van der Waals surface area contributed by atoms with Crippen molar-refractivity contribution < 1.29 is 9.90 Å². The summed E-state index contributed by atoms with van der Waals surface area (Å²) in [5.41, 5.74) is 0.430. The van der Waals surface area contributed by atoms with Crippen molar-refractivity contribution >= 4 is 29.1 Å². The van der Waals surface area contributed by atoms with Crippen molar-refractivity contribution in [3.63, 3.8) is 0 Å². The van der Waals surface area contributed by atoms with E-state index in [1.807, 2.05) is 18.2 Å². The Kier molecular flexibility index (Phi) is 8.00. The van der Waals surface area contributed by atoms with Crippen molar-refractivity contribution in [1.82, 2.24) is 19.7 Å². The number of benzene rings is 3. The van der Waals surface area contributed by atoms with Gasteiger partial charge in [0.05, 0.1) is 28.9 Å². The number of amides is 1. The molecular formula is C26H22Cl2N4O4. The summed E-state index contributed by atoms with van der Waals surface area (Å²) >= 11 is 12.4. The van der Waals surface area contributed by atoms with Crippen LogP contribution in [0.3, 0.4) is 0 Å². The first-order chi connectivity index (χ1) is 17.3. The lowest BCUT2D eigenvalue weighted by molar-refractivity contribution is 0.0954. The minimum atomic E-state index is -1.07. The normalized spacial score (nSPS) is 11.8. The lowest BCUT2D eigenvalue weighted by Gasteiger charge is -2.14. The predicted octanol–water partition coefficient (Wildman–Crippen LogP) is 3.41. The highest BCUT2D eigenvalue weighted by molar-refractivity contribution is 6.34. The molecule has 4 rings (SSSR count). The summed E-state index contributed by atoms with van der Waals surface area (Å²) in [5.74, 6) is -0.435. The molecule has 0 saturated heterocycles. The van der Waals surface area contributed by atoms with Gasteiger partial charge in [0.25, 0.3) is 11.5 Å². The molecule has 2 N–H and O–H groups in total. The second-order valence-electron chi connectivity index (χ2n) is 7.98. The Labute approximate surface area is 216 Å². The summed E-state index contributed by atoms with van der Waals surface area (Å²) in [6, 6.07) is 20.5. The van der Waals surface area contributed by atoms with E-state index in [9.17, 15) is 19.5 Å². The monoisotopic (exact) mass is 524 g/mol. The van der Waals surface area contributed by atoms with Crippen LogP contribution < -0.4 is 16.6 Å². The first-order valence-corrected chi connectivity index (χ1v) is 11.8. The standard InChI is InChI=1S/C26H22Cl2N4O4/c27-21-9-5-4-6-17(21)12-13-29-25(35)20-14-19(10-11-22(20)28)32-26(36)31(24(34)15-30-32)16-23(33)18-7-2-1-3-8-18/h1-11,14-15,23,33H,12-13,16H2,(H,29,35)/t23-/m1/s1. The molecule has 0 bridgehead atoms. The minimum absolute atomic E-state index is 0.143. The third-order valence-electron chi connectivity index (χ3n) is 5.58. The van der Waals surface area contributed by atoms with Crippen molar-refractivity contribution in [2.75, 3.05) is 6.54 Å². The second-order valence-corrected chi connectivity index (χ2v) is 8.79. The molecule has 0 fully saturated rings. The van der Waals surface area contributed by atoms with E-state index in [-0.39, 0.29) is 22.8 Å². The highest BCUT2D eigenvalue weighted by atomic mass is 35.5. The summed E-state index contributed by atoms with van der Waals surface area (Å²) in [6.07, 6.45) is 0.437. The molecular weight excluding hydrogens is 503 g/mol. The van der Waals surface area contributed by atoms with Gasteiger partial charge in [-0.1, -0.05) is 71.7 Å². The fourth-order valence-electron chi connectivity index (χ4n) is 3.66. The second kappa shape index (κ2) is 11.3. The van der Waals surface area contributed by atoms with E-state index >= 15 is 0 Å². The molecule has 3 aromatic carbocycles. The van der Waals surface area contributed by atoms with E-state index in [1.165, 1.54) is 18.2 Å². The van der Waals surface area contributed by atoms with E-state index in [1.54, 1.807) is 36.4 Å². The van der Waals surface area contributed by atoms with Crippen LogP contribution in [0, 0.1) is 0 Å². The van der Waals surface area contributed by atoms with E-state index in [2.05, 4.69) is 10.4 Å². The zero-order valence-electron chi connectivity index (χ0n) is 19.0. The van der Waals surface area contributed by atoms with Gasteiger partial charge in [-0.05, 0) is 41.8 Å². The Morgan fingerprint density at radius 3 is 2.44 bits per heavy atom. The summed E-state index contributed by atoms with van der Waals surface area (Å²) < 4.78 is 1.87. The van der Waals surface area contributed by atoms with Gasteiger partial charge in [-0.25, -0.2) is 4.79 Å². The largest absolute Gasteiger partial charge is 0.387 e. The number of carbonyl (C=O) groups is 1. The van der Waals surface area contributed by atoms with Crippen molar-refractivity contribution in [1.29, 1.82) is 0 Å². The van der Waals surface area contributed by atoms with Crippen LogP contribution in [0.1, 0.15) is 27.6 Å². The molecule has 0 aliphatic carbocycles. The molecule has 0 radical (unpaired) electrons. The van der Waals surface area contributed by atoms with E-state index in [0.29, 0.717) is 23.6 Å². The first-order valence-electron chi connectivity index (χ1n) is 11.1. The molecule has 1 atom stereocenters. The molecule has 4 aromatic rings. The van der Waals surface area contributed by atoms with Crippen molar-refractivity contribution in [2.45, 2.75) is 19.1 Å². The van der Waals surface area contributed by atoms with Gasteiger partial charge < -0.3 is 10.4 Å². The fourth-order valence-corrected chi connectivity index (χ4v) is 4.09. The van der Waals surface area contributed by atoms with Gasteiger partial charge in [0, 0.05) is 11.6 Å². The highest BCUT2D eigenvalue weighted by Crippen LogP contribution is 2.20. The maximum absolute atomic E-state index is 13.1. The van der Waals surface area contributed by atoms with E-state index in [4.69, 9.17) is 23.2 Å². The number of aliphatic hydroxyl groups is 1. The van der Waals surface area contributed by atoms with Gasteiger partial charge in [0.15, 0.2) is 0 Å². The Hall–Kier alpha value is -3.72. The zero-order valence-corrected chi connectivity index (χ0v) is 20.5. The molecule has 36 heavy (non-hydrogen) atoms. The molecule has 1 amide bonds. The van der Waals surface area contributed by atoms with Crippen molar-refractivity contribution in [3.8, 4) is 5.69 Å². The number of halogens is 2. The average molecular weight is 525 g/mol. The Balaban J connectivity index is 1.56. The van der Waals surface area contributed by atoms with Crippen LogP contribution in [-0.2, 0) is 13.0 Å². The van der Waals surface area contributed by atoms with Gasteiger partial charge >= 0.3 is 5.69 Å². The van der Waals surface area contributed by atoms with Crippen LogP contribution in [-0.4, -0.2) is 31.9 Å². The maximum Gasteiger partial charge on any atom is 0.352 e. The zero-order chi connectivity index (χ0) is 25.7. The van der Waals surface area contributed by atoms with Gasteiger partial charge in [-0.2, -0.15) is 9.78 Å². The molecule has 0 unspecified atom stereocenters. The van der Waals surface area contributed by atoms with Crippen LogP contribution in [0.15, 0.2) is 88.6 Å². The van der Waals surface area contributed by atoms with Crippen LogP contribution in [0.4, 0.5) is 0 Å². The number of aliphatic hydroxyl groups excluding tert-OH is 1. The maximum atomic E-state index is 13.1. The van der Waals surface area contributed by atoms with Crippen molar-refractivity contribution in [2.24, 2.45) is 0 Å². The number of rotatable bonds is 8. The highest BCUT2D eigenvalue weighted by Gasteiger charge is 2.17. The number of carbonyl (C=O) groups excluding carboxylic acids is 1. The van der Waals surface area contributed by atoms with Crippen LogP contribution in [0.25, 0.3) is 5.69 Å². The topological polar surface area (TPSA) is 106 Å². The SMILES string of the molecule is O=C(NCCc1ccccc1Cl)c1cc(-n2ncc(=O)n(C[C@@H](O)c3ccccc3)c2=O)ccc1Cl. The molecule has 1 aromatic heterocycles. The lowest BCUT2D eigenvalue weighted by Crippen LogP contribution is -2.41. The number of nitrogens with one attached hydrogen (secondary N) is 1. The number of nitrogens with zero attached hydrogens (tertiary/aromatic N) is 3. The average Bonchev–Trinajstić information content (AvgIpc) is 2.88. The quantitative estimate of drug-likeness (QED) is 0.367. The molecule has 0 aliphatic rings. The van der Waals surface area contributed by atoms with Gasteiger partial charge in [-0.15, -0.1) is 0 Å².